The SMILES string of the molecule is C[C@H]1CN(C(=O)c2cnc(-c3ccc(F)c(F)c3)s2)c2cccnc2O1. The Labute approximate surface area is 151 Å². The van der Waals surface area contributed by atoms with E-state index < -0.39 is 11.6 Å². The number of thiazole rings is 1. The number of carbonyl (C=O) groups excluding carboxylic acids is 1. The molecular formula is C18H13F2N3O2S. The number of nitrogens with zero attached hydrogens (tertiary/aromatic N) is 3. The number of pyridine rings is 1. The summed E-state index contributed by atoms with van der Waals surface area (Å²) in [5.41, 5.74) is 1.02. The topological polar surface area (TPSA) is 55.3 Å². The summed E-state index contributed by atoms with van der Waals surface area (Å²) in [4.78, 5) is 23.3. The smallest absolute Gasteiger partial charge is 0.270 e. The minimum Gasteiger partial charge on any atom is -0.471 e. The molecule has 3 heterocycles. The predicted molar refractivity (Wildman–Crippen MR) is 93.5 cm³/mol. The molecule has 0 bridgehead atoms. The maximum Gasteiger partial charge on any atom is 0.270 e. The van der Waals surface area contributed by atoms with E-state index in [2.05, 4.69) is 9.97 Å². The molecule has 0 N–H and O–H groups in total. The zero-order valence-corrected chi connectivity index (χ0v) is 14.5. The van der Waals surface area contributed by atoms with Gasteiger partial charge in [0.1, 0.15) is 21.7 Å². The molecule has 1 atom stereocenters. The average molecular weight is 373 g/mol. The number of ether oxygens (including phenoxy) is 1. The van der Waals surface area contributed by atoms with Crippen molar-refractivity contribution in [2.24, 2.45) is 0 Å². The van der Waals surface area contributed by atoms with Crippen molar-refractivity contribution in [3.05, 3.63) is 59.2 Å². The lowest BCUT2D eigenvalue weighted by molar-refractivity contribution is 0.0962. The highest BCUT2D eigenvalue weighted by atomic mass is 32.1. The molecule has 0 saturated carbocycles. The first-order chi connectivity index (χ1) is 12.5. The van der Waals surface area contributed by atoms with Gasteiger partial charge in [-0.15, -0.1) is 11.3 Å². The van der Waals surface area contributed by atoms with Gasteiger partial charge in [-0.25, -0.2) is 18.7 Å². The van der Waals surface area contributed by atoms with Crippen molar-refractivity contribution < 1.29 is 18.3 Å². The molecule has 0 radical (unpaired) electrons. The Balaban J connectivity index is 1.66. The third-order valence-electron chi connectivity index (χ3n) is 3.92. The average Bonchev–Trinajstić information content (AvgIpc) is 3.13. The van der Waals surface area contributed by atoms with Crippen LogP contribution in [0.4, 0.5) is 14.5 Å². The highest BCUT2D eigenvalue weighted by molar-refractivity contribution is 7.17. The number of amides is 1. The second-order valence-electron chi connectivity index (χ2n) is 5.83. The second-order valence-corrected chi connectivity index (χ2v) is 6.86. The van der Waals surface area contributed by atoms with Crippen molar-refractivity contribution >= 4 is 22.9 Å². The van der Waals surface area contributed by atoms with E-state index >= 15 is 0 Å². The molecule has 5 nitrogen and oxygen atoms in total. The van der Waals surface area contributed by atoms with Gasteiger partial charge in [0.05, 0.1) is 12.7 Å². The van der Waals surface area contributed by atoms with Crippen molar-refractivity contribution in [3.8, 4) is 16.5 Å². The Morgan fingerprint density at radius 1 is 1.27 bits per heavy atom. The fourth-order valence-electron chi connectivity index (χ4n) is 2.72. The molecule has 1 amide bonds. The molecule has 1 aliphatic heterocycles. The lowest BCUT2D eigenvalue weighted by Gasteiger charge is -2.32. The van der Waals surface area contributed by atoms with Gasteiger partial charge in [-0.1, -0.05) is 0 Å². The molecule has 1 aliphatic rings. The molecule has 26 heavy (non-hydrogen) atoms. The van der Waals surface area contributed by atoms with Crippen LogP contribution in [0.5, 0.6) is 5.88 Å². The number of anilines is 1. The maximum atomic E-state index is 13.4. The highest BCUT2D eigenvalue weighted by Gasteiger charge is 2.30. The van der Waals surface area contributed by atoms with E-state index in [0.29, 0.717) is 33.6 Å². The first-order valence-electron chi connectivity index (χ1n) is 7.87. The Morgan fingerprint density at radius 2 is 2.12 bits per heavy atom. The lowest BCUT2D eigenvalue weighted by atomic mass is 10.2. The fourth-order valence-corrected chi connectivity index (χ4v) is 3.58. The summed E-state index contributed by atoms with van der Waals surface area (Å²) in [6.45, 7) is 2.24. The molecule has 0 spiro atoms. The van der Waals surface area contributed by atoms with Crippen LogP contribution in [-0.4, -0.2) is 28.5 Å². The highest BCUT2D eigenvalue weighted by Crippen LogP contribution is 2.34. The van der Waals surface area contributed by atoms with Crippen molar-refractivity contribution in [1.29, 1.82) is 0 Å². The van der Waals surface area contributed by atoms with E-state index in [-0.39, 0.29) is 12.0 Å². The summed E-state index contributed by atoms with van der Waals surface area (Å²) in [6, 6.07) is 7.04. The number of carbonyl (C=O) groups is 1. The standard InChI is InChI=1S/C18H13F2N3O2S/c1-10-9-23(14-3-2-6-21-16(14)25-10)18(24)15-8-22-17(26-15)11-4-5-12(19)13(20)7-11/h2-8,10H,9H2,1H3/t10-/m0/s1. The van der Waals surface area contributed by atoms with E-state index in [1.54, 1.807) is 23.2 Å². The summed E-state index contributed by atoms with van der Waals surface area (Å²) in [5, 5.41) is 0.444. The number of aromatic nitrogens is 2. The Hall–Kier alpha value is -2.87. The molecule has 132 valence electrons. The molecule has 8 heteroatoms. The number of halogens is 2. The number of fused-ring (bicyclic) bond motifs is 1. The van der Waals surface area contributed by atoms with Crippen LogP contribution in [0.3, 0.4) is 0 Å². The molecule has 0 unspecified atom stereocenters. The minimum absolute atomic E-state index is 0.195. The van der Waals surface area contributed by atoms with Gasteiger partial charge in [0, 0.05) is 11.8 Å². The van der Waals surface area contributed by atoms with Crippen LogP contribution in [0.25, 0.3) is 10.6 Å². The zero-order valence-electron chi connectivity index (χ0n) is 13.6. The van der Waals surface area contributed by atoms with Crippen molar-refractivity contribution in [3.63, 3.8) is 0 Å². The van der Waals surface area contributed by atoms with Gasteiger partial charge in [0.25, 0.3) is 5.91 Å². The predicted octanol–water partition coefficient (Wildman–Crippen LogP) is 3.91. The zero-order chi connectivity index (χ0) is 18.3. The Morgan fingerprint density at radius 3 is 2.92 bits per heavy atom. The Bertz CT molecular complexity index is 992. The van der Waals surface area contributed by atoms with Gasteiger partial charge >= 0.3 is 0 Å². The van der Waals surface area contributed by atoms with Crippen LogP contribution in [-0.2, 0) is 0 Å². The van der Waals surface area contributed by atoms with Crippen molar-refractivity contribution in [2.75, 3.05) is 11.4 Å². The monoisotopic (exact) mass is 373 g/mol. The van der Waals surface area contributed by atoms with Gasteiger partial charge in [-0.05, 0) is 37.3 Å². The summed E-state index contributed by atoms with van der Waals surface area (Å²) in [6.07, 6.45) is 2.85. The third kappa shape index (κ3) is 2.92. The largest absolute Gasteiger partial charge is 0.471 e. The molecule has 3 aromatic rings. The maximum absolute atomic E-state index is 13.4. The van der Waals surface area contributed by atoms with E-state index in [0.717, 1.165) is 23.5 Å². The molecule has 0 saturated heterocycles. The third-order valence-corrected chi connectivity index (χ3v) is 4.96. The van der Waals surface area contributed by atoms with Gasteiger partial charge in [-0.3, -0.25) is 9.69 Å². The summed E-state index contributed by atoms with van der Waals surface area (Å²) >= 11 is 1.13. The number of rotatable bonds is 2. The lowest BCUT2D eigenvalue weighted by Crippen LogP contribution is -2.42. The van der Waals surface area contributed by atoms with Crippen LogP contribution >= 0.6 is 11.3 Å². The fraction of sp³-hybridized carbons (Fsp3) is 0.167. The molecule has 4 rings (SSSR count). The van der Waals surface area contributed by atoms with Crippen molar-refractivity contribution in [1.82, 2.24) is 9.97 Å². The quantitative estimate of drug-likeness (QED) is 0.683. The summed E-state index contributed by atoms with van der Waals surface area (Å²) < 4.78 is 32.2. The molecule has 1 aromatic carbocycles. The molecule has 0 fully saturated rings. The number of hydrogen-bond acceptors (Lipinski definition) is 5. The van der Waals surface area contributed by atoms with Gasteiger partial charge in [0.15, 0.2) is 11.6 Å². The van der Waals surface area contributed by atoms with E-state index in [1.807, 2.05) is 6.92 Å². The van der Waals surface area contributed by atoms with Crippen LogP contribution in [0, 0.1) is 11.6 Å². The minimum atomic E-state index is -0.951. The van der Waals surface area contributed by atoms with Crippen molar-refractivity contribution in [2.45, 2.75) is 13.0 Å². The summed E-state index contributed by atoms with van der Waals surface area (Å²) in [7, 11) is 0. The molecule has 2 aromatic heterocycles. The first kappa shape index (κ1) is 16.6. The Kier molecular flexibility index (Phi) is 4.12. The molecule has 0 aliphatic carbocycles. The van der Waals surface area contributed by atoms with Gasteiger partial charge < -0.3 is 4.74 Å². The number of benzene rings is 1. The van der Waals surface area contributed by atoms with Gasteiger partial charge in [-0.2, -0.15) is 0 Å². The van der Waals surface area contributed by atoms with Crippen LogP contribution in [0.1, 0.15) is 16.6 Å². The van der Waals surface area contributed by atoms with Gasteiger partial charge in [0.2, 0.25) is 5.88 Å². The van der Waals surface area contributed by atoms with E-state index in [9.17, 15) is 13.6 Å². The molecular weight excluding hydrogens is 360 g/mol. The van der Waals surface area contributed by atoms with E-state index in [1.165, 1.54) is 12.3 Å². The first-order valence-corrected chi connectivity index (χ1v) is 8.69. The second kappa shape index (κ2) is 6.45. The normalized spacial score (nSPS) is 16.1. The van der Waals surface area contributed by atoms with E-state index in [4.69, 9.17) is 4.74 Å². The number of hydrogen-bond donors (Lipinski definition) is 0. The van der Waals surface area contributed by atoms with Crippen LogP contribution in [0.15, 0.2) is 42.7 Å². The van der Waals surface area contributed by atoms with Crippen LogP contribution < -0.4 is 9.64 Å². The van der Waals surface area contributed by atoms with Crippen LogP contribution in [0.2, 0.25) is 0 Å². The summed E-state index contributed by atoms with van der Waals surface area (Å²) in [5.74, 6) is -1.70.